The number of aromatic carboxylic acids is 1. The van der Waals surface area contributed by atoms with Gasteiger partial charge >= 0.3 is 5.97 Å². The van der Waals surface area contributed by atoms with E-state index in [1.54, 1.807) is 0 Å². The van der Waals surface area contributed by atoms with Crippen LogP contribution in [0.3, 0.4) is 0 Å². The van der Waals surface area contributed by atoms with Crippen molar-refractivity contribution in [1.29, 1.82) is 0 Å². The van der Waals surface area contributed by atoms with Gasteiger partial charge in [-0.25, -0.2) is 4.79 Å². The quantitative estimate of drug-likeness (QED) is 0.576. The van der Waals surface area contributed by atoms with Gasteiger partial charge in [-0.2, -0.15) is 0 Å². The second kappa shape index (κ2) is 7.64. The number of nitrogens with two attached hydrogens (primary N) is 1. The molecule has 21 heavy (non-hydrogen) atoms. The van der Waals surface area contributed by atoms with E-state index in [1.165, 1.54) is 18.2 Å². The van der Waals surface area contributed by atoms with Gasteiger partial charge in [0.25, 0.3) is 0 Å². The molecule has 5 N–H and O–H groups in total. The topological polar surface area (TPSA) is 113 Å². The van der Waals surface area contributed by atoms with Gasteiger partial charge in [-0.1, -0.05) is 13.3 Å². The Kier molecular flexibility index (Phi) is 6.17. The summed E-state index contributed by atoms with van der Waals surface area (Å²) in [7, 11) is 0. The number of hydrogen-bond acceptors (Lipinski definition) is 4. The van der Waals surface area contributed by atoms with Gasteiger partial charge in [-0.3, -0.25) is 4.79 Å². The van der Waals surface area contributed by atoms with Gasteiger partial charge in [0.05, 0.1) is 0 Å². The van der Waals surface area contributed by atoms with Crippen molar-refractivity contribution in [3.05, 3.63) is 23.8 Å². The highest BCUT2D eigenvalue weighted by Crippen LogP contribution is 2.22. The van der Waals surface area contributed by atoms with E-state index >= 15 is 0 Å². The summed E-state index contributed by atoms with van der Waals surface area (Å²) in [5.41, 5.74) is 5.77. The molecule has 0 saturated heterocycles. The predicted octanol–water partition coefficient (Wildman–Crippen LogP) is 2.18. The summed E-state index contributed by atoms with van der Waals surface area (Å²) in [5, 5.41) is 21.0. The molecule has 0 aliphatic rings. The lowest BCUT2D eigenvalue weighted by molar-refractivity contribution is -0.119. The fourth-order valence-corrected chi connectivity index (χ4v) is 1.93. The summed E-state index contributed by atoms with van der Waals surface area (Å²) < 4.78 is 0. The van der Waals surface area contributed by atoms with Crippen molar-refractivity contribution in [1.82, 2.24) is 0 Å². The highest BCUT2D eigenvalue weighted by atomic mass is 16.4. The predicted molar refractivity (Wildman–Crippen MR) is 80.4 cm³/mol. The third-order valence-corrected chi connectivity index (χ3v) is 3.24. The zero-order valence-electron chi connectivity index (χ0n) is 12.3. The molecule has 1 aromatic rings. The molecular weight excluding hydrogens is 272 g/mol. The van der Waals surface area contributed by atoms with Gasteiger partial charge in [0.2, 0.25) is 5.91 Å². The molecule has 0 aliphatic heterocycles. The lowest BCUT2D eigenvalue weighted by atomic mass is 10.0. The van der Waals surface area contributed by atoms with Crippen molar-refractivity contribution in [3.8, 4) is 5.75 Å². The van der Waals surface area contributed by atoms with E-state index in [0.29, 0.717) is 5.69 Å². The fraction of sp³-hybridized carbons (Fsp3) is 0.467. The first-order valence-corrected chi connectivity index (χ1v) is 6.94. The molecule has 0 saturated carbocycles. The SMILES string of the molecule is CC(N)CCCC(C)C(=O)Nc1ccc(O)c(C(=O)O)c1. The molecule has 116 valence electrons. The minimum atomic E-state index is -1.24. The summed E-state index contributed by atoms with van der Waals surface area (Å²) in [6, 6.07) is 4.08. The van der Waals surface area contributed by atoms with E-state index in [1.807, 2.05) is 13.8 Å². The first kappa shape index (κ1) is 17.0. The molecule has 1 amide bonds. The maximum Gasteiger partial charge on any atom is 0.339 e. The highest BCUT2D eigenvalue weighted by molar-refractivity contribution is 5.96. The van der Waals surface area contributed by atoms with Gasteiger partial charge < -0.3 is 21.3 Å². The zero-order chi connectivity index (χ0) is 16.0. The molecule has 1 aromatic carbocycles. The number of carbonyl (C=O) groups is 2. The van der Waals surface area contributed by atoms with Crippen LogP contribution in [0, 0.1) is 5.92 Å². The number of hydrogen-bond donors (Lipinski definition) is 4. The molecule has 2 unspecified atom stereocenters. The molecular formula is C15H22N2O4. The lowest BCUT2D eigenvalue weighted by Gasteiger charge is -2.13. The monoisotopic (exact) mass is 294 g/mol. The molecule has 1 rings (SSSR count). The average Bonchev–Trinajstić information content (AvgIpc) is 2.40. The molecule has 0 heterocycles. The number of amides is 1. The molecule has 6 nitrogen and oxygen atoms in total. The minimum absolute atomic E-state index is 0.121. The molecule has 0 aliphatic carbocycles. The van der Waals surface area contributed by atoms with E-state index in [4.69, 9.17) is 10.8 Å². The van der Waals surface area contributed by atoms with Crippen LogP contribution in [0.25, 0.3) is 0 Å². The number of anilines is 1. The second-order valence-electron chi connectivity index (χ2n) is 5.34. The molecule has 0 bridgehead atoms. The summed E-state index contributed by atoms with van der Waals surface area (Å²) in [6.45, 7) is 3.74. The third kappa shape index (κ3) is 5.43. The Morgan fingerprint density at radius 2 is 1.95 bits per heavy atom. The molecule has 6 heteroatoms. The van der Waals surface area contributed by atoms with Gasteiger partial charge in [0.1, 0.15) is 11.3 Å². The van der Waals surface area contributed by atoms with Gasteiger partial charge in [0, 0.05) is 17.6 Å². The van der Waals surface area contributed by atoms with Gasteiger partial charge in [-0.15, -0.1) is 0 Å². The Hall–Kier alpha value is -2.08. The van der Waals surface area contributed by atoms with Crippen LogP contribution >= 0.6 is 0 Å². The largest absolute Gasteiger partial charge is 0.507 e. The molecule has 0 fully saturated rings. The number of nitrogens with one attached hydrogen (secondary N) is 1. The number of carbonyl (C=O) groups excluding carboxylic acids is 1. The van der Waals surface area contributed by atoms with Crippen molar-refractivity contribution < 1.29 is 19.8 Å². The Bertz CT molecular complexity index is 514. The number of carboxylic acids is 1. The summed E-state index contributed by atoms with van der Waals surface area (Å²) in [6.07, 6.45) is 2.44. The van der Waals surface area contributed by atoms with Crippen molar-refractivity contribution in [2.24, 2.45) is 11.7 Å². The summed E-state index contributed by atoms with van der Waals surface area (Å²) >= 11 is 0. The Morgan fingerprint density at radius 1 is 1.29 bits per heavy atom. The van der Waals surface area contributed by atoms with Crippen LogP contribution in [0.1, 0.15) is 43.5 Å². The highest BCUT2D eigenvalue weighted by Gasteiger charge is 2.15. The number of rotatable bonds is 7. The lowest BCUT2D eigenvalue weighted by Crippen LogP contribution is -2.21. The van der Waals surface area contributed by atoms with Crippen LogP contribution in [0.15, 0.2) is 18.2 Å². The van der Waals surface area contributed by atoms with Crippen LogP contribution in [0.2, 0.25) is 0 Å². The number of benzene rings is 1. The number of phenols is 1. The van der Waals surface area contributed by atoms with E-state index in [2.05, 4.69) is 5.32 Å². The van der Waals surface area contributed by atoms with E-state index in [-0.39, 0.29) is 29.2 Å². The molecule has 0 aromatic heterocycles. The summed E-state index contributed by atoms with van der Waals surface area (Å²) in [5.74, 6) is -1.94. The molecule has 2 atom stereocenters. The van der Waals surface area contributed by atoms with Crippen molar-refractivity contribution in [2.75, 3.05) is 5.32 Å². The Balaban J connectivity index is 2.62. The van der Waals surface area contributed by atoms with Crippen LogP contribution in [-0.4, -0.2) is 28.1 Å². The van der Waals surface area contributed by atoms with E-state index in [0.717, 1.165) is 19.3 Å². The van der Waals surface area contributed by atoms with Gasteiger partial charge in [0.15, 0.2) is 0 Å². The zero-order valence-corrected chi connectivity index (χ0v) is 12.3. The smallest absolute Gasteiger partial charge is 0.339 e. The van der Waals surface area contributed by atoms with E-state index in [9.17, 15) is 14.7 Å². The minimum Gasteiger partial charge on any atom is -0.507 e. The number of aromatic hydroxyl groups is 1. The summed E-state index contributed by atoms with van der Waals surface area (Å²) in [4.78, 5) is 22.9. The second-order valence-corrected chi connectivity index (χ2v) is 5.34. The Morgan fingerprint density at radius 3 is 2.52 bits per heavy atom. The maximum absolute atomic E-state index is 12.0. The number of carboxylic acid groups (broad SMARTS) is 1. The van der Waals surface area contributed by atoms with Crippen LogP contribution < -0.4 is 11.1 Å². The molecule has 0 radical (unpaired) electrons. The third-order valence-electron chi connectivity index (χ3n) is 3.24. The van der Waals surface area contributed by atoms with Crippen molar-refractivity contribution in [3.63, 3.8) is 0 Å². The first-order valence-electron chi connectivity index (χ1n) is 6.94. The van der Waals surface area contributed by atoms with Crippen LogP contribution in [-0.2, 0) is 4.79 Å². The van der Waals surface area contributed by atoms with Crippen molar-refractivity contribution >= 4 is 17.6 Å². The standard InChI is InChI=1S/C15H22N2O4/c1-9(4-3-5-10(2)16)14(19)17-11-6-7-13(18)12(8-11)15(20)21/h6-10,18H,3-5,16H2,1-2H3,(H,17,19)(H,20,21). The van der Waals surface area contributed by atoms with Crippen molar-refractivity contribution in [2.45, 2.75) is 39.2 Å². The fourth-order valence-electron chi connectivity index (χ4n) is 1.93. The van der Waals surface area contributed by atoms with Crippen LogP contribution in [0.5, 0.6) is 5.75 Å². The first-order chi connectivity index (χ1) is 9.81. The van der Waals surface area contributed by atoms with Crippen LogP contribution in [0.4, 0.5) is 5.69 Å². The van der Waals surface area contributed by atoms with Gasteiger partial charge in [-0.05, 0) is 38.0 Å². The Labute approximate surface area is 124 Å². The normalized spacial score (nSPS) is 13.5. The average molecular weight is 294 g/mol. The van der Waals surface area contributed by atoms with E-state index < -0.39 is 5.97 Å². The maximum atomic E-state index is 12.0. The molecule has 0 spiro atoms.